The first-order valence-corrected chi connectivity index (χ1v) is 5.30. The lowest BCUT2D eigenvalue weighted by Crippen LogP contribution is -2.22. The molecule has 2 atom stereocenters. The van der Waals surface area contributed by atoms with Crippen LogP contribution in [0.5, 0.6) is 0 Å². The minimum Gasteiger partial charge on any atom is -0.389 e. The van der Waals surface area contributed by atoms with E-state index >= 15 is 0 Å². The molecule has 10 heavy (non-hydrogen) atoms. The molecule has 0 aliphatic heterocycles. The van der Waals surface area contributed by atoms with Gasteiger partial charge in [-0.3, -0.25) is 0 Å². The molecular weight excluding hydrogens is 152 g/mol. The zero-order valence-electron chi connectivity index (χ0n) is 6.16. The Bertz CT molecular complexity index is 231. The number of sulfone groups is 1. The predicted molar refractivity (Wildman–Crippen MR) is 38.4 cm³/mol. The topological polar surface area (TPSA) is 54.4 Å². The van der Waals surface area contributed by atoms with E-state index in [-0.39, 0.29) is 11.7 Å². The molecule has 0 aromatic rings. The van der Waals surface area contributed by atoms with Crippen LogP contribution in [0.15, 0.2) is 0 Å². The highest BCUT2D eigenvalue weighted by Crippen LogP contribution is 2.43. The van der Waals surface area contributed by atoms with E-state index in [1.165, 1.54) is 0 Å². The van der Waals surface area contributed by atoms with Gasteiger partial charge in [0.2, 0.25) is 0 Å². The van der Waals surface area contributed by atoms with Crippen LogP contribution >= 0.6 is 0 Å². The molecular formula is C6H12O3S. The van der Waals surface area contributed by atoms with Gasteiger partial charge < -0.3 is 5.11 Å². The van der Waals surface area contributed by atoms with Gasteiger partial charge in [-0.15, -0.1) is 0 Å². The van der Waals surface area contributed by atoms with Crippen molar-refractivity contribution in [2.24, 2.45) is 5.92 Å². The Morgan fingerprint density at radius 1 is 1.70 bits per heavy atom. The zero-order chi connectivity index (χ0) is 7.99. The van der Waals surface area contributed by atoms with E-state index in [1.807, 2.05) is 6.92 Å². The number of aliphatic hydroxyl groups is 1. The van der Waals surface area contributed by atoms with Gasteiger partial charge in [0.1, 0.15) is 9.84 Å². The molecule has 1 N–H and O–H groups in total. The summed E-state index contributed by atoms with van der Waals surface area (Å²) in [5, 5.41) is 9.35. The summed E-state index contributed by atoms with van der Waals surface area (Å²) in [5.74, 6) is 0.0727. The Morgan fingerprint density at radius 3 is 2.20 bits per heavy atom. The van der Waals surface area contributed by atoms with Crippen molar-refractivity contribution < 1.29 is 13.5 Å². The molecule has 1 aliphatic carbocycles. The van der Waals surface area contributed by atoms with Crippen molar-refractivity contribution in [3.63, 3.8) is 0 Å². The fourth-order valence-electron chi connectivity index (χ4n) is 1.13. The van der Waals surface area contributed by atoms with Crippen LogP contribution < -0.4 is 0 Å². The second-order valence-electron chi connectivity index (χ2n) is 3.28. The Hall–Kier alpha value is -0.0900. The maximum Gasteiger partial charge on any atom is 0.150 e. The third-order valence-electron chi connectivity index (χ3n) is 1.93. The molecule has 2 unspecified atom stereocenters. The molecule has 0 amide bonds. The van der Waals surface area contributed by atoms with Crippen LogP contribution in [-0.2, 0) is 9.84 Å². The van der Waals surface area contributed by atoms with Crippen LogP contribution in [0.3, 0.4) is 0 Å². The van der Waals surface area contributed by atoms with Gasteiger partial charge in [0.25, 0.3) is 0 Å². The Morgan fingerprint density at radius 2 is 2.10 bits per heavy atom. The monoisotopic (exact) mass is 164 g/mol. The van der Waals surface area contributed by atoms with E-state index < -0.39 is 15.4 Å². The van der Waals surface area contributed by atoms with Gasteiger partial charge in [-0.2, -0.15) is 0 Å². The van der Waals surface area contributed by atoms with Crippen LogP contribution in [0, 0.1) is 5.92 Å². The predicted octanol–water partition coefficient (Wildman–Crippen LogP) is -0.198. The summed E-state index contributed by atoms with van der Waals surface area (Å²) in [6.45, 7) is 1.85. The standard InChI is InChI=1S/C6H12O3S/c1-5-3-6(5,7)4-10(2,8)9/h5,7H,3-4H2,1-2H3. The third-order valence-corrected chi connectivity index (χ3v) is 2.95. The van der Waals surface area contributed by atoms with Crippen molar-refractivity contribution >= 4 is 9.84 Å². The average Bonchev–Trinajstić information content (AvgIpc) is 2.05. The lowest BCUT2D eigenvalue weighted by Gasteiger charge is -2.05. The van der Waals surface area contributed by atoms with E-state index in [9.17, 15) is 13.5 Å². The Kier molecular flexibility index (Phi) is 1.56. The molecule has 0 radical (unpaired) electrons. The minimum atomic E-state index is -3.00. The second kappa shape index (κ2) is 1.95. The fourth-order valence-corrected chi connectivity index (χ4v) is 2.44. The summed E-state index contributed by atoms with van der Waals surface area (Å²) >= 11 is 0. The largest absolute Gasteiger partial charge is 0.389 e. The minimum absolute atomic E-state index is 0.0822. The first-order chi connectivity index (χ1) is 4.33. The molecule has 1 fully saturated rings. The van der Waals surface area contributed by atoms with E-state index in [1.54, 1.807) is 0 Å². The van der Waals surface area contributed by atoms with Crippen molar-refractivity contribution in [2.45, 2.75) is 18.9 Å². The highest BCUT2D eigenvalue weighted by Gasteiger charge is 2.51. The first kappa shape index (κ1) is 8.01. The van der Waals surface area contributed by atoms with Gasteiger partial charge in [0.05, 0.1) is 11.4 Å². The molecule has 0 saturated heterocycles. The molecule has 1 aliphatic rings. The van der Waals surface area contributed by atoms with Gasteiger partial charge in [0, 0.05) is 6.26 Å². The summed E-state index contributed by atoms with van der Waals surface area (Å²) in [6.07, 6.45) is 1.77. The normalized spacial score (nSPS) is 39.7. The van der Waals surface area contributed by atoms with E-state index in [0.717, 1.165) is 6.26 Å². The van der Waals surface area contributed by atoms with Crippen LogP contribution in [0.4, 0.5) is 0 Å². The van der Waals surface area contributed by atoms with E-state index in [0.29, 0.717) is 6.42 Å². The van der Waals surface area contributed by atoms with Crippen LogP contribution in [-0.4, -0.2) is 31.1 Å². The molecule has 0 bridgehead atoms. The zero-order valence-corrected chi connectivity index (χ0v) is 6.98. The van der Waals surface area contributed by atoms with Crippen LogP contribution in [0.1, 0.15) is 13.3 Å². The number of hydrogen-bond donors (Lipinski definition) is 1. The van der Waals surface area contributed by atoms with E-state index in [2.05, 4.69) is 0 Å². The molecule has 0 heterocycles. The van der Waals surface area contributed by atoms with Crippen molar-refractivity contribution in [1.82, 2.24) is 0 Å². The maximum atomic E-state index is 10.7. The SMILES string of the molecule is CC1CC1(O)CS(C)(=O)=O. The van der Waals surface area contributed by atoms with Crippen molar-refractivity contribution in [3.8, 4) is 0 Å². The third kappa shape index (κ3) is 1.70. The van der Waals surface area contributed by atoms with Crippen molar-refractivity contribution in [1.29, 1.82) is 0 Å². The van der Waals surface area contributed by atoms with Gasteiger partial charge in [-0.25, -0.2) is 8.42 Å². The van der Waals surface area contributed by atoms with Gasteiger partial charge >= 0.3 is 0 Å². The summed E-state index contributed by atoms with van der Waals surface area (Å²) in [7, 11) is -3.00. The highest BCUT2D eigenvalue weighted by molar-refractivity contribution is 7.90. The smallest absolute Gasteiger partial charge is 0.150 e. The quantitative estimate of drug-likeness (QED) is 0.615. The summed E-state index contributed by atoms with van der Waals surface area (Å²) in [5.41, 5.74) is -0.895. The number of rotatable bonds is 2. The second-order valence-corrected chi connectivity index (χ2v) is 5.42. The number of hydrogen-bond acceptors (Lipinski definition) is 3. The lowest BCUT2D eigenvalue weighted by atomic mass is 10.3. The molecule has 3 nitrogen and oxygen atoms in total. The molecule has 60 valence electrons. The average molecular weight is 164 g/mol. The maximum absolute atomic E-state index is 10.7. The summed E-state index contributed by atoms with van der Waals surface area (Å²) in [6, 6.07) is 0. The molecule has 0 aromatic heterocycles. The highest BCUT2D eigenvalue weighted by atomic mass is 32.2. The lowest BCUT2D eigenvalue weighted by molar-refractivity contribution is 0.158. The first-order valence-electron chi connectivity index (χ1n) is 3.24. The fraction of sp³-hybridized carbons (Fsp3) is 1.00. The van der Waals surface area contributed by atoms with Crippen molar-refractivity contribution in [3.05, 3.63) is 0 Å². The summed E-state index contributed by atoms with van der Waals surface area (Å²) < 4.78 is 21.3. The molecule has 0 aromatic carbocycles. The molecule has 4 heteroatoms. The molecule has 1 saturated carbocycles. The Labute approximate surface area is 61.0 Å². The van der Waals surface area contributed by atoms with E-state index in [4.69, 9.17) is 0 Å². The van der Waals surface area contributed by atoms with Gasteiger partial charge in [-0.05, 0) is 12.3 Å². The van der Waals surface area contributed by atoms with Crippen LogP contribution in [0.25, 0.3) is 0 Å². The summed E-state index contributed by atoms with van der Waals surface area (Å²) in [4.78, 5) is 0. The Balaban J connectivity index is 2.57. The van der Waals surface area contributed by atoms with Crippen LogP contribution in [0.2, 0.25) is 0 Å². The van der Waals surface area contributed by atoms with Gasteiger partial charge in [-0.1, -0.05) is 6.92 Å². The van der Waals surface area contributed by atoms with Crippen molar-refractivity contribution in [2.75, 3.05) is 12.0 Å². The van der Waals surface area contributed by atoms with Gasteiger partial charge in [0.15, 0.2) is 0 Å². The molecule has 0 spiro atoms. The molecule has 1 rings (SSSR count).